The zero-order chi connectivity index (χ0) is 16.5. The van der Waals surface area contributed by atoms with Crippen LogP contribution in [-0.4, -0.2) is 32.5 Å². The maximum absolute atomic E-state index is 12.3. The zero-order valence-electron chi connectivity index (χ0n) is 12.5. The van der Waals surface area contributed by atoms with Gasteiger partial charge in [0.25, 0.3) is 5.91 Å². The molecule has 7 heteroatoms. The van der Waals surface area contributed by atoms with Gasteiger partial charge in [0.05, 0.1) is 16.9 Å². The number of sulfonamides is 1. The summed E-state index contributed by atoms with van der Waals surface area (Å²) in [6.45, 7) is 6.99. The Morgan fingerprint density at radius 2 is 2.14 bits per heavy atom. The quantitative estimate of drug-likeness (QED) is 0.847. The fourth-order valence-corrected chi connectivity index (χ4v) is 4.40. The average Bonchev–Trinajstić information content (AvgIpc) is 2.60. The lowest BCUT2D eigenvalue weighted by Crippen LogP contribution is -2.33. The van der Waals surface area contributed by atoms with Crippen molar-refractivity contribution in [2.24, 2.45) is 5.41 Å². The molecule has 1 aromatic rings. The van der Waals surface area contributed by atoms with Crippen LogP contribution in [0.25, 0.3) is 0 Å². The Bertz CT molecular complexity index is 738. The minimum atomic E-state index is -3.72. The van der Waals surface area contributed by atoms with E-state index in [4.69, 9.17) is 0 Å². The van der Waals surface area contributed by atoms with Crippen LogP contribution in [0, 0.1) is 5.41 Å². The second-order valence-corrected chi connectivity index (χ2v) is 7.58. The van der Waals surface area contributed by atoms with Crippen molar-refractivity contribution in [1.29, 1.82) is 0 Å². The third-order valence-electron chi connectivity index (χ3n) is 3.33. The van der Waals surface area contributed by atoms with Crippen LogP contribution in [-0.2, 0) is 14.8 Å². The van der Waals surface area contributed by atoms with E-state index in [-0.39, 0.29) is 22.9 Å². The number of benzene rings is 1. The van der Waals surface area contributed by atoms with E-state index in [2.05, 4.69) is 11.9 Å². The Hall–Kier alpha value is -2.15. The minimum Gasteiger partial charge on any atom is -0.349 e. The molecule has 0 saturated carbocycles. The number of anilines is 1. The number of nitrogens with one attached hydrogen (secondary N) is 1. The molecule has 0 bridgehead atoms. The van der Waals surface area contributed by atoms with Crippen molar-refractivity contribution in [2.45, 2.75) is 13.8 Å². The van der Waals surface area contributed by atoms with Gasteiger partial charge >= 0.3 is 0 Å². The summed E-state index contributed by atoms with van der Waals surface area (Å²) in [4.78, 5) is 24.3. The molecule has 2 rings (SSSR count). The second kappa shape index (κ2) is 5.57. The van der Waals surface area contributed by atoms with Crippen LogP contribution < -0.4 is 9.62 Å². The van der Waals surface area contributed by atoms with Crippen LogP contribution in [0.3, 0.4) is 0 Å². The van der Waals surface area contributed by atoms with Crippen molar-refractivity contribution in [1.82, 2.24) is 5.32 Å². The van der Waals surface area contributed by atoms with Gasteiger partial charge in [-0.1, -0.05) is 12.1 Å². The molecule has 1 aliphatic rings. The number of rotatable bonds is 4. The van der Waals surface area contributed by atoms with Gasteiger partial charge < -0.3 is 5.32 Å². The number of hydrogen-bond acceptors (Lipinski definition) is 4. The lowest BCUT2D eigenvalue weighted by molar-refractivity contribution is -0.123. The molecule has 0 atom stereocenters. The number of hydrogen-bond donors (Lipinski definition) is 1. The van der Waals surface area contributed by atoms with Crippen molar-refractivity contribution in [2.75, 3.05) is 16.6 Å². The standard InChI is InChI=1S/C15H18N2O4S/c1-4-8-16-13(18)11-6-5-7-12(9-11)17-14(19)15(2,3)10-22(17,20)21/h4-7,9H,1,8,10H2,2-3H3,(H,16,18). The predicted molar refractivity (Wildman–Crippen MR) is 84.0 cm³/mol. The van der Waals surface area contributed by atoms with Crippen LogP contribution in [0.5, 0.6) is 0 Å². The van der Waals surface area contributed by atoms with Gasteiger partial charge in [0.2, 0.25) is 15.9 Å². The molecule has 1 fully saturated rings. The van der Waals surface area contributed by atoms with E-state index in [1.54, 1.807) is 32.1 Å². The number of carbonyl (C=O) groups excluding carboxylic acids is 2. The van der Waals surface area contributed by atoms with Gasteiger partial charge in [-0.3, -0.25) is 9.59 Å². The van der Waals surface area contributed by atoms with Gasteiger partial charge in [0.1, 0.15) is 0 Å². The largest absolute Gasteiger partial charge is 0.349 e. The van der Waals surface area contributed by atoms with Crippen LogP contribution in [0.2, 0.25) is 0 Å². The predicted octanol–water partition coefficient (Wildman–Crippen LogP) is 1.30. The molecule has 1 saturated heterocycles. The summed E-state index contributed by atoms with van der Waals surface area (Å²) in [7, 11) is -3.72. The monoisotopic (exact) mass is 322 g/mol. The zero-order valence-corrected chi connectivity index (χ0v) is 13.3. The van der Waals surface area contributed by atoms with E-state index in [0.29, 0.717) is 6.54 Å². The summed E-state index contributed by atoms with van der Waals surface area (Å²) in [5.74, 6) is -1.09. The molecule has 0 spiro atoms. The fraction of sp³-hybridized carbons (Fsp3) is 0.333. The third kappa shape index (κ3) is 2.89. The Morgan fingerprint density at radius 3 is 2.68 bits per heavy atom. The molecule has 2 amide bonds. The summed E-state index contributed by atoms with van der Waals surface area (Å²) < 4.78 is 25.3. The van der Waals surface area contributed by atoms with Gasteiger partial charge in [0.15, 0.2) is 0 Å². The van der Waals surface area contributed by atoms with E-state index >= 15 is 0 Å². The SMILES string of the molecule is C=CCNC(=O)c1cccc(N2C(=O)C(C)(C)CS2(=O)=O)c1. The molecule has 0 unspecified atom stereocenters. The lowest BCUT2D eigenvalue weighted by Gasteiger charge is -2.18. The Kier molecular flexibility index (Phi) is 4.10. The van der Waals surface area contributed by atoms with Crippen molar-refractivity contribution >= 4 is 27.5 Å². The molecule has 118 valence electrons. The van der Waals surface area contributed by atoms with Crippen LogP contribution in [0.1, 0.15) is 24.2 Å². The third-order valence-corrected chi connectivity index (χ3v) is 5.35. The van der Waals surface area contributed by atoms with Crippen molar-refractivity contribution in [3.8, 4) is 0 Å². The van der Waals surface area contributed by atoms with Gasteiger partial charge in [-0.2, -0.15) is 0 Å². The lowest BCUT2D eigenvalue weighted by atomic mass is 9.95. The number of carbonyl (C=O) groups is 2. The molecule has 0 aliphatic carbocycles. The molecule has 1 aromatic carbocycles. The highest BCUT2D eigenvalue weighted by atomic mass is 32.2. The highest BCUT2D eigenvalue weighted by Crippen LogP contribution is 2.35. The Balaban J connectivity index is 2.40. The normalized spacial score (nSPS) is 19.0. The summed E-state index contributed by atoms with van der Waals surface area (Å²) in [6, 6.07) is 6.00. The Labute approximate surface area is 129 Å². The maximum atomic E-state index is 12.3. The summed E-state index contributed by atoms with van der Waals surface area (Å²) in [6.07, 6.45) is 1.54. The first-order chi connectivity index (χ1) is 10.2. The molecular formula is C15H18N2O4S. The van der Waals surface area contributed by atoms with Crippen molar-refractivity contribution in [3.63, 3.8) is 0 Å². The highest BCUT2D eigenvalue weighted by Gasteiger charge is 2.49. The van der Waals surface area contributed by atoms with Gasteiger partial charge in [-0.25, -0.2) is 12.7 Å². The molecule has 0 radical (unpaired) electrons. The first-order valence-corrected chi connectivity index (χ1v) is 8.36. The number of nitrogens with zero attached hydrogens (tertiary/aromatic N) is 1. The average molecular weight is 322 g/mol. The fourth-order valence-electron chi connectivity index (χ4n) is 2.30. The van der Waals surface area contributed by atoms with Crippen LogP contribution >= 0.6 is 0 Å². The summed E-state index contributed by atoms with van der Waals surface area (Å²) in [5.41, 5.74) is -0.506. The van der Waals surface area contributed by atoms with Gasteiger partial charge in [-0.15, -0.1) is 6.58 Å². The first-order valence-electron chi connectivity index (χ1n) is 6.76. The van der Waals surface area contributed by atoms with Crippen LogP contribution in [0.15, 0.2) is 36.9 Å². The van der Waals surface area contributed by atoms with Crippen LogP contribution in [0.4, 0.5) is 5.69 Å². The molecule has 1 heterocycles. The van der Waals surface area contributed by atoms with E-state index in [1.165, 1.54) is 12.1 Å². The molecule has 6 nitrogen and oxygen atoms in total. The van der Waals surface area contributed by atoms with Crippen molar-refractivity contribution < 1.29 is 18.0 Å². The first kappa shape index (κ1) is 16.2. The number of amides is 2. The Morgan fingerprint density at radius 1 is 1.45 bits per heavy atom. The summed E-state index contributed by atoms with van der Waals surface area (Å²) in [5, 5.41) is 2.60. The van der Waals surface area contributed by atoms with E-state index < -0.39 is 21.3 Å². The smallest absolute Gasteiger partial charge is 0.251 e. The van der Waals surface area contributed by atoms with Gasteiger partial charge in [0, 0.05) is 12.1 Å². The molecule has 0 aromatic heterocycles. The molecule has 1 aliphatic heterocycles. The van der Waals surface area contributed by atoms with Crippen molar-refractivity contribution in [3.05, 3.63) is 42.5 Å². The van der Waals surface area contributed by atoms with Gasteiger partial charge in [-0.05, 0) is 32.0 Å². The van der Waals surface area contributed by atoms with E-state index in [9.17, 15) is 18.0 Å². The van der Waals surface area contributed by atoms with E-state index in [0.717, 1.165) is 4.31 Å². The highest BCUT2D eigenvalue weighted by molar-refractivity contribution is 7.94. The van der Waals surface area contributed by atoms with E-state index in [1.807, 2.05) is 0 Å². The minimum absolute atomic E-state index is 0.182. The molecular weight excluding hydrogens is 304 g/mol. The molecule has 22 heavy (non-hydrogen) atoms. The maximum Gasteiger partial charge on any atom is 0.251 e. The second-order valence-electron chi connectivity index (χ2n) is 5.76. The topological polar surface area (TPSA) is 83.6 Å². The molecule has 1 N–H and O–H groups in total. The summed E-state index contributed by atoms with van der Waals surface area (Å²) >= 11 is 0.